The van der Waals surface area contributed by atoms with Gasteiger partial charge >= 0.3 is 5.76 Å². The summed E-state index contributed by atoms with van der Waals surface area (Å²) in [5.41, 5.74) is 3.50. The summed E-state index contributed by atoms with van der Waals surface area (Å²) in [6.07, 6.45) is 2.54. The first-order valence-corrected chi connectivity index (χ1v) is 10.8. The number of aliphatic hydroxyl groups excluding tert-OH is 1. The van der Waals surface area contributed by atoms with Gasteiger partial charge in [0.15, 0.2) is 22.8 Å². The number of fused-ring (bicyclic) bond motifs is 1. The molecule has 0 aliphatic carbocycles. The summed E-state index contributed by atoms with van der Waals surface area (Å²) >= 11 is 0. The van der Waals surface area contributed by atoms with Crippen LogP contribution in [0.2, 0.25) is 0 Å². The number of oxazole rings is 1. The van der Waals surface area contributed by atoms with Crippen molar-refractivity contribution in [2.24, 2.45) is 0 Å². The van der Waals surface area contributed by atoms with Crippen molar-refractivity contribution in [3.8, 4) is 17.1 Å². The standard InChI is InChI=1S/C24H27N5O4/c1-15(2)25-10-19(30)14-32-20-11-26-22(27-12-20)18-6-4-5-17(9-18)13-29-23-21(33-24(29)31)8-7-16(3)28-23/h4-9,11-12,15,19,25,30H,10,13-14H2,1-3H3. The quantitative estimate of drug-likeness (QED) is 0.401. The lowest BCUT2D eigenvalue weighted by Gasteiger charge is -2.14. The Morgan fingerprint density at radius 3 is 2.73 bits per heavy atom. The Morgan fingerprint density at radius 2 is 1.97 bits per heavy atom. The van der Waals surface area contributed by atoms with Crippen molar-refractivity contribution in [2.75, 3.05) is 13.2 Å². The first kappa shape index (κ1) is 22.6. The van der Waals surface area contributed by atoms with Crippen molar-refractivity contribution in [2.45, 2.75) is 39.5 Å². The maximum atomic E-state index is 12.3. The summed E-state index contributed by atoms with van der Waals surface area (Å²) in [4.78, 5) is 25.5. The molecule has 2 N–H and O–H groups in total. The number of rotatable bonds is 9. The summed E-state index contributed by atoms with van der Waals surface area (Å²) in [5.74, 6) is 0.568. The molecule has 1 unspecified atom stereocenters. The van der Waals surface area contributed by atoms with Gasteiger partial charge in [0.05, 0.1) is 18.9 Å². The number of nitrogens with zero attached hydrogens (tertiary/aromatic N) is 4. The van der Waals surface area contributed by atoms with Gasteiger partial charge in [0.25, 0.3) is 0 Å². The van der Waals surface area contributed by atoms with Crippen LogP contribution in [0.5, 0.6) is 5.75 Å². The normalized spacial score (nSPS) is 12.4. The summed E-state index contributed by atoms with van der Waals surface area (Å²) in [7, 11) is 0. The molecule has 0 radical (unpaired) electrons. The number of aliphatic hydroxyl groups is 1. The zero-order valence-corrected chi connectivity index (χ0v) is 18.9. The number of pyridine rings is 1. The third kappa shape index (κ3) is 5.63. The van der Waals surface area contributed by atoms with Crippen LogP contribution in [0.3, 0.4) is 0 Å². The van der Waals surface area contributed by atoms with Gasteiger partial charge in [-0.1, -0.05) is 32.0 Å². The summed E-state index contributed by atoms with van der Waals surface area (Å²) < 4.78 is 12.4. The van der Waals surface area contributed by atoms with Gasteiger partial charge in [-0.3, -0.25) is 4.57 Å². The van der Waals surface area contributed by atoms with Crippen LogP contribution in [0, 0.1) is 6.92 Å². The summed E-state index contributed by atoms with van der Waals surface area (Å²) in [6.45, 7) is 6.83. The first-order valence-electron chi connectivity index (χ1n) is 10.8. The van der Waals surface area contributed by atoms with E-state index in [1.807, 2.05) is 51.1 Å². The van der Waals surface area contributed by atoms with Crippen molar-refractivity contribution in [3.05, 3.63) is 70.6 Å². The van der Waals surface area contributed by atoms with E-state index in [0.29, 0.717) is 41.9 Å². The molecule has 0 spiro atoms. The molecular formula is C24H27N5O4. The van der Waals surface area contributed by atoms with Crippen molar-refractivity contribution >= 4 is 11.2 Å². The van der Waals surface area contributed by atoms with Gasteiger partial charge in [-0.05, 0) is 30.7 Å². The Labute approximate surface area is 191 Å². The van der Waals surface area contributed by atoms with E-state index in [9.17, 15) is 9.90 Å². The van der Waals surface area contributed by atoms with E-state index < -0.39 is 11.9 Å². The monoisotopic (exact) mass is 449 g/mol. The highest BCUT2D eigenvalue weighted by Crippen LogP contribution is 2.20. The molecule has 0 amide bonds. The van der Waals surface area contributed by atoms with Crippen molar-refractivity contribution in [1.82, 2.24) is 24.8 Å². The van der Waals surface area contributed by atoms with Gasteiger partial charge < -0.3 is 19.6 Å². The third-order valence-corrected chi connectivity index (χ3v) is 5.01. The second kappa shape index (κ2) is 9.93. The van der Waals surface area contributed by atoms with Crippen molar-refractivity contribution < 1.29 is 14.3 Å². The molecule has 33 heavy (non-hydrogen) atoms. The molecule has 0 aliphatic heterocycles. The van der Waals surface area contributed by atoms with Gasteiger partial charge in [-0.2, -0.15) is 0 Å². The van der Waals surface area contributed by atoms with Gasteiger partial charge in [0.2, 0.25) is 0 Å². The average molecular weight is 450 g/mol. The molecule has 172 valence electrons. The maximum Gasteiger partial charge on any atom is 0.421 e. The lowest BCUT2D eigenvalue weighted by Crippen LogP contribution is -2.35. The molecule has 4 rings (SSSR count). The lowest BCUT2D eigenvalue weighted by molar-refractivity contribution is 0.104. The molecule has 0 bridgehead atoms. The molecule has 1 aromatic carbocycles. The van der Waals surface area contributed by atoms with E-state index >= 15 is 0 Å². The summed E-state index contributed by atoms with van der Waals surface area (Å²) in [5, 5.41) is 13.1. The predicted molar refractivity (Wildman–Crippen MR) is 124 cm³/mol. The molecule has 0 fully saturated rings. The third-order valence-electron chi connectivity index (χ3n) is 5.01. The Bertz CT molecular complexity index is 1280. The van der Waals surface area contributed by atoms with E-state index in [0.717, 1.165) is 16.8 Å². The molecule has 3 heterocycles. The zero-order valence-electron chi connectivity index (χ0n) is 18.9. The van der Waals surface area contributed by atoms with Gasteiger partial charge in [-0.25, -0.2) is 19.7 Å². The average Bonchev–Trinajstić information content (AvgIpc) is 3.11. The maximum absolute atomic E-state index is 12.3. The fourth-order valence-electron chi connectivity index (χ4n) is 3.33. The van der Waals surface area contributed by atoms with Crippen LogP contribution in [0.1, 0.15) is 25.1 Å². The zero-order chi connectivity index (χ0) is 23.4. The fourth-order valence-corrected chi connectivity index (χ4v) is 3.33. The molecule has 0 saturated carbocycles. The minimum atomic E-state index is -0.621. The SMILES string of the molecule is Cc1ccc2oc(=O)n(Cc3cccc(-c4ncc(OCC(O)CNC(C)C)cn4)c3)c2n1. The molecule has 1 atom stereocenters. The van der Waals surface area contributed by atoms with Crippen LogP contribution < -0.4 is 15.8 Å². The Kier molecular flexibility index (Phi) is 6.81. The smallest absolute Gasteiger partial charge is 0.421 e. The largest absolute Gasteiger partial charge is 0.488 e. The number of nitrogens with one attached hydrogen (secondary N) is 1. The molecular weight excluding hydrogens is 422 g/mol. The number of aromatic nitrogens is 4. The number of ether oxygens (including phenoxy) is 1. The second-order valence-electron chi connectivity index (χ2n) is 8.20. The van der Waals surface area contributed by atoms with Crippen LogP contribution in [-0.4, -0.2) is 49.9 Å². The molecule has 9 heteroatoms. The minimum absolute atomic E-state index is 0.152. The van der Waals surface area contributed by atoms with E-state index in [4.69, 9.17) is 9.15 Å². The van der Waals surface area contributed by atoms with Crippen molar-refractivity contribution in [1.29, 1.82) is 0 Å². The molecule has 9 nitrogen and oxygen atoms in total. The van der Waals surface area contributed by atoms with Crippen LogP contribution in [0.4, 0.5) is 0 Å². The van der Waals surface area contributed by atoms with E-state index in [1.54, 1.807) is 18.5 Å². The van der Waals surface area contributed by atoms with Crippen LogP contribution in [0.15, 0.2) is 58.0 Å². The highest BCUT2D eigenvalue weighted by molar-refractivity contribution is 5.68. The highest BCUT2D eigenvalue weighted by atomic mass is 16.5. The van der Waals surface area contributed by atoms with E-state index in [1.165, 1.54) is 4.57 Å². The van der Waals surface area contributed by atoms with Crippen LogP contribution in [-0.2, 0) is 6.54 Å². The van der Waals surface area contributed by atoms with E-state index in [-0.39, 0.29) is 6.61 Å². The highest BCUT2D eigenvalue weighted by Gasteiger charge is 2.12. The number of benzene rings is 1. The molecule has 0 aliphatic rings. The van der Waals surface area contributed by atoms with Crippen LogP contribution in [0.25, 0.3) is 22.6 Å². The Morgan fingerprint density at radius 1 is 1.18 bits per heavy atom. The number of aryl methyl sites for hydroxylation is 1. The fraction of sp³-hybridized carbons (Fsp3) is 0.333. The minimum Gasteiger partial charge on any atom is -0.488 e. The summed E-state index contributed by atoms with van der Waals surface area (Å²) in [6, 6.07) is 11.5. The van der Waals surface area contributed by atoms with Gasteiger partial charge in [-0.15, -0.1) is 0 Å². The Balaban J connectivity index is 1.46. The van der Waals surface area contributed by atoms with E-state index in [2.05, 4.69) is 20.3 Å². The molecule has 3 aromatic heterocycles. The van der Waals surface area contributed by atoms with Gasteiger partial charge in [0.1, 0.15) is 12.7 Å². The number of hydrogen-bond acceptors (Lipinski definition) is 8. The van der Waals surface area contributed by atoms with Crippen LogP contribution >= 0.6 is 0 Å². The molecule has 4 aromatic rings. The topological polar surface area (TPSA) is 115 Å². The van der Waals surface area contributed by atoms with Crippen molar-refractivity contribution in [3.63, 3.8) is 0 Å². The Hall–Kier alpha value is -3.56. The second-order valence-corrected chi connectivity index (χ2v) is 8.20. The number of hydrogen-bond donors (Lipinski definition) is 2. The molecule has 0 saturated heterocycles. The lowest BCUT2D eigenvalue weighted by atomic mass is 10.1. The first-order chi connectivity index (χ1) is 15.9. The predicted octanol–water partition coefficient (Wildman–Crippen LogP) is 2.54. The van der Waals surface area contributed by atoms with Gasteiger partial charge in [0, 0.05) is 23.8 Å².